The van der Waals surface area contributed by atoms with Gasteiger partial charge in [-0.1, -0.05) is 0 Å². The molecule has 0 aliphatic heterocycles. The molecule has 0 radical (unpaired) electrons. The first-order valence-electron chi connectivity index (χ1n) is 6.98. The monoisotopic (exact) mass is 301 g/mol. The van der Waals surface area contributed by atoms with Crippen molar-refractivity contribution in [3.05, 3.63) is 47.8 Å². The van der Waals surface area contributed by atoms with Crippen LogP contribution in [0.5, 0.6) is 0 Å². The van der Waals surface area contributed by atoms with Crippen LogP contribution in [0.1, 0.15) is 22.8 Å². The predicted octanol–water partition coefficient (Wildman–Crippen LogP) is 2.10. The van der Waals surface area contributed by atoms with Crippen LogP contribution in [-0.2, 0) is 13.6 Å². The van der Waals surface area contributed by atoms with Gasteiger partial charge in [-0.05, 0) is 19.1 Å². The quantitative estimate of drug-likeness (QED) is 0.802. The molecule has 0 saturated carbocycles. The van der Waals surface area contributed by atoms with Crippen molar-refractivity contribution in [2.24, 2.45) is 7.05 Å². The molecule has 1 aromatic carbocycles. The van der Waals surface area contributed by atoms with E-state index in [1.165, 1.54) is 18.5 Å². The number of aryl methyl sites for hydroxylation is 1. The second kappa shape index (κ2) is 5.59. The van der Waals surface area contributed by atoms with Crippen LogP contribution in [-0.4, -0.2) is 37.1 Å². The first-order valence-corrected chi connectivity index (χ1v) is 6.98. The number of benzene rings is 1. The third-order valence-corrected chi connectivity index (χ3v) is 3.52. The van der Waals surface area contributed by atoms with Gasteiger partial charge in [-0.15, -0.1) is 0 Å². The average Bonchev–Trinajstić information content (AvgIpc) is 3.11. The summed E-state index contributed by atoms with van der Waals surface area (Å²) in [5.41, 5.74) is 2.19. The lowest BCUT2D eigenvalue weighted by Gasteiger charge is -2.20. The highest BCUT2D eigenvalue weighted by atomic mass is 19.1. The number of H-pyrrole nitrogens is 1. The highest BCUT2D eigenvalue weighted by Gasteiger charge is 2.20. The number of hydrogen-bond donors (Lipinski definition) is 1. The van der Waals surface area contributed by atoms with E-state index in [-0.39, 0.29) is 11.5 Å². The molecule has 0 saturated heterocycles. The number of aromatic amines is 1. The lowest BCUT2D eigenvalue weighted by atomic mass is 10.1. The molecule has 22 heavy (non-hydrogen) atoms. The van der Waals surface area contributed by atoms with Crippen molar-refractivity contribution in [1.82, 2.24) is 24.6 Å². The highest BCUT2D eigenvalue weighted by Crippen LogP contribution is 2.20. The van der Waals surface area contributed by atoms with Crippen molar-refractivity contribution in [1.29, 1.82) is 0 Å². The predicted molar refractivity (Wildman–Crippen MR) is 79.7 cm³/mol. The van der Waals surface area contributed by atoms with Crippen molar-refractivity contribution < 1.29 is 9.18 Å². The van der Waals surface area contributed by atoms with Crippen molar-refractivity contribution in [3.8, 4) is 0 Å². The van der Waals surface area contributed by atoms with Crippen LogP contribution in [0, 0.1) is 5.82 Å². The van der Waals surface area contributed by atoms with Gasteiger partial charge in [-0.3, -0.25) is 9.48 Å². The minimum Gasteiger partial charge on any atom is -0.344 e. The van der Waals surface area contributed by atoms with Gasteiger partial charge >= 0.3 is 0 Å². The van der Waals surface area contributed by atoms with Crippen LogP contribution < -0.4 is 0 Å². The minimum absolute atomic E-state index is 0.247. The molecular formula is C15H16FN5O. The van der Waals surface area contributed by atoms with Crippen molar-refractivity contribution >= 4 is 16.9 Å². The average molecular weight is 301 g/mol. The van der Waals surface area contributed by atoms with Crippen molar-refractivity contribution in [2.75, 3.05) is 6.54 Å². The number of aromatic nitrogens is 4. The van der Waals surface area contributed by atoms with E-state index in [4.69, 9.17) is 0 Å². The molecule has 3 aromatic rings. The molecule has 3 rings (SSSR count). The van der Waals surface area contributed by atoms with Crippen LogP contribution in [0.4, 0.5) is 4.39 Å². The Morgan fingerprint density at radius 1 is 1.45 bits per heavy atom. The van der Waals surface area contributed by atoms with Gasteiger partial charge in [-0.2, -0.15) is 5.10 Å². The van der Waals surface area contributed by atoms with Gasteiger partial charge < -0.3 is 9.88 Å². The SMILES string of the molecule is CCN(Cc1cnn(C)c1)C(=O)c1cc(F)cc2[nH]cnc12. The van der Waals surface area contributed by atoms with Gasteiger partial charge in [0.05, 0.1) is 23.6 Å². The maximum absolute atomic E-state index is 13.7. The number of carbonyl (C=O) groups is 1. The number of hydrogen-bond acceptors (Lipinski definition) is 3. The van der Waals surface area contributed by atoms with Gasteiger partial charge in [-0.25, -0.2) is 9.37 Å². The van der Waals surface area contributed by atoms with E-state index in [0.29, 0.717) is 24.1 Å². The van der Waals surface area contributed by atoms with E-state index in [1.807, 2.05) is 20.2 Å². The summed E-state index contributed by atoms with van der Waals surface area (Å²) in [5.74, 6) is -0.708. The first kappa shape index (κ1) is 14.2. The highest BCUT2D eigenvalue weighted by molar-refractivity contribution is 6.04. The van der Waals surface area contributed by atoms with E-state index in [1.54, 1.807) is 15.8 Å². The molecule has 0 unspecified atom stereocenters. The molecule has 2 heterocycles. The third-order valence-electron chi connectivity index (χ3n) is 3.52. The number of fused-ring (bicyclic) bond motifs is 1. The summed E-state index contributed by atoms with van der Waals surface area (Å²) in [6, 6.07) is 2.56. The van der Waals surface area contributed by atoms with E-state index in [9.17, 15) is 9.18 Å². The molecule has 114 valence electrons. The minimum atomic E-state index is -0.461. The van der Waals surface area contributed by atoms with Crippen LogP contribution in [0.25, 0.3) is 11.0 Å². The Kier molecular flexibility index (Phi) is 3.62. The third kappa shape index (κ3) is 2.57. The molecule has 0 aliphatic carbocycles. The Morgan fingerprint density at radius 2 is 2.27 bits per heavy atom. The Balaban J connectivity index is 1.94. The molecule has 6 nitrogen and oxygen atoms in total. The van der Waals surface area contributed by atoms with Crippen molar-refractivity contribution in [2.45, 2.75) is 13.5 Å². The molecule has 1 N–H and O–H groups in total. The van der Waals surface area contributed by atoms with Gasteiger partial charge in [0, 0.05) is 31.9 Å². The van der Waals surface area contributed by atoms with E-state index in [2.05, 4.69) is 15.1 Å². The summed E-state index contributed by atoms with van der Waals surface area (Å²) >= 11 is 0. The standard InChI is InChI=1S/C15H16FN5O/c1-3-21(8-10-6-19-20(2)7-10)15(22)12-4-11(16)5-13-14(12)18-9-17-13/h4-7,9H,3,8H2,1-2H3,(H,17,18). The summed E-state index contributed by atoms with van der Waals surface area (Å²) in [6.07, 6.45) is 5.02. The Bertz CT molecular complexity index is 822. The molecule has 0 atom stereocenters. The van der Waals surface area contributed by atoms with Crippen molar-refractivity contribution in [3.63, 3.8) is 0 Å². The summed E-state index contributed by atoms with van der Waals surface area (Å²) < 4.78 is 15.4. The molecule has 2 aromatic heterocycles. The Labute approximate surface area is 126 Å². The van der Waals surface area contributed by atoms with Crippen LogP contribution >= 0.6 is 0 Å². The largest absolute Gasteiger partial charge is 0.344 e. The number of amides is 1. The maximum Gasteiger partial charge on any atom is 0.256 e. The van der Waals surface area contributed by atoms with Gasteiger partial charge in [0.15, 0.2) is 0 Å². The van der Waals surface area contributed by atoms with Gasteiger partial charge in [0.1, 0.15) is 11.3 Å². The summed E-state index contributed by atoms with van der Waals surface area (Å²) in [4.78, 5) is 21.3. The zero-order chi connectivity index (χ0) is 15.7. The fraction of sp³-hybridized carbons (Fsp3) is 0.267. The summed E-state index contributed by atoms with van der Waals surface area (Å²) in [7, 11) is 1.82. The van der Waals surface area contributed by atoms with Crippen LogP contribution in [0.15, 0.2) is 30.9 Å². The molecule has 0 bridgehead atoms. The van der Waals surface area contributed by atoms with Crippen LogP contribution in [0.2, 0.25) is 0 Å². The molecule has 0 fully saturated rings. The molecule has 7 heteroatoms. The number of nitrogens with zero attached hydrogens (tertiary/aromatic N) is 4. The number of halogens is 1. The lowest BCUT2D eigenvalue weighted by Crippen LogP contribution is -2.30. The Morgan fingerprint density at radius 3 is 2.95 bits per heavy atom. The molecule has 0 spiro atoms. The second-order valence-electron chi connectivity index (χ2n) is 5.09. The topological polar surface area (TPSA) is 66.8 Å². The van der Waals surface area contributed by atoms with Crippen LogP contribution in [0.3, 0.4) is 0 Å². The number of nitrogens with one attached hydrogen (secondary N) is 1. The molecule has 0 aliphatic rings. The smallest absolute Gasteiger partial charge is 0.256 e. The van der Waals surface area contributed by atoms with E-state index < -0.39 is 5.82 Å². The van der Waals surface area contributed by atoms with E-state index >= 15 is 0 Å². The summed E-state index contributed by atoms with van der Waals surface area (Å²) in [6.45, 7) is 2.82. The number of carbonyl (C=O) groups excluding carboxylic acids is 1. The van der Waals surface area contributed by atoms with Gasteiger partial charge in [0.2, 0.25) is 0 Å². The lowest BCUT2D eigenvalue weighted by molar-refractivity contribution is 0.0754. The Hall–Kier alpha value is -2.70. The molecular weight excluding hydrogens is 285 g/mol. The summed E-state index contributed by atoms with van der Waals surface area (Å²) in [5, 5.41) is 4.09. The maximum atomic E-state index is 13.7. The zero-order valence-corrected chi connectivity index (χ0v) is 12.4. The number of imidazole rings is 1. The fourth-order valence-electron chi connectivity index (χ4n) is 2.45. The first-order chi connectivity index (χ1) is 10.6. The number of rotatable bonds is 4. The second-order valence-corrected chi connectivity index (χ2v) is 5.09. The van der Waals surface area contributed by atoms with E-state index in [0.717, 1.165) is 5.56 Å². The van der Waals surface area contributed by atoms with Gasteiger partial charge in [0.25, 0.3) is 5.91 Å². The zero-order valence-electron chi connectivity index (χ0n) is 12.4. The fourth-order valence-corrected chi connectivity index (χ4v) is 2.45. The molecule has 1 amide bonds. The normalized spacial score (nSPS) is 11.0.